The lowest BCUT2D eigenvalue weighted by molar-refractivity contribution is 0.0740. The Morgan fingerprint density at radius 3 is 2.40 bits per heavy atom. The molecule has 25 heavy (non-hydrogen) atoms. The highest BCUT2D eigenvalue weighted by atomic mass is 16.2. The van der Waals surface area contributed by atoms with E-state index in [0.29, 0.717) is 18.8 Å². The van der Waals surface area contributed by atoms with Gasteiger partial charge in [-0.05, 0) is 43.7 Å². The standard InChI is InChI=1S/C19H24N4O2/c1-3-4-16-13-18(21-20-16)19(25)23-11-9-22(10-12-23)17-7-5-15(6-8-17)14(2)24/h5-8,13H,3-4,9-12H2,1-2H3,(H,20,21). The van der Waals surface area contributed by atoms with Crippen molar-refractivity contribution < 1.29 is 9.59 Å². The Balaban J connectivity index is 1.59. The third-order valence-electron chi connectivity index (χ3n) is 4.58. The van der Waals surface area contributed by atoms with Crippen LogP contribution < -0.4 is 4.90 Å². The molecule has 1 aromatic carbocycles. The van der Waals surface area contributed by atoms with Crippen LogP contribution in [0.2, 0.25) is 0 Å². The van der Waals surface area contributed by atoms with Gasteiger partial charge in [0.15, 0.2) is 5.78 Å². The Hall–Kier alpha value is -2.63. The number of rotatable bonds is 5. The molecule has 0 unspecified atom stereocenters. The van der Waals surface area contributed by atoms with Crippen molar-refractivity contribution >= 4 is 17.4 Å². The van der Waals surface area contributed by atoms with Gasteiger partial charge in [-0.2, -0.15) is 5.10 Å². The van der Waals surface area contributed by atoms with Crippen LogP contribution >= 0.6 is 0 Å². The fourth-order valence-corrected chi connectivity index (χ4v) is 3.11. The van der Waals surface area contributed by atoms with E-state index in [1.807, 2.05) is 35.2 Å². The third kappa shape index (κ3) is 3.90. The molecule has 1 aliphatic heterocycles. The number of aromatic amines is 1. The maximum Gasteiger partial charge on any atom is 0.274 e. The number of aromatic nitrogens is 2. The SMILES string of the molecule is CCCc1cc(C(=O)N2CCN(c3ccc(C(C)=O)cc3)CC2)n[nH]1. The molecule has 1 fully saturated rings. The first-order chi connectivity index (χ1) is 12.1. The van der Waals surface area contributed by atoms with Crippen LogP contribution in [0.3, 0.4) is 0 Å². The van der Waals surface area contributed by atoms with Crippen LogP contribution in [0.15, 0.2) is 30.3 Å². The number of carbonyl (C=O) groups is 2. The zero-order chi connectivity index (χ0) is 17.8. The van der Waals surface area contributed by atoms with E-state index in [0.717, 1.165) is 42.9 Å². The number of nitrogens with one attached hydrogen (secondary N) is 1. The van der Waals surface area contributed by atoms with Gasteiger partial charge in [-0.1, -0.05) is 13.3 Å². The van der Waals surface area contributed by atoms with Gasteiger partial charge in [-0.15, -0.1) is 0 Å². The third-order valence-corrected chi connectivity index (χ3v) is 4.58. The van der Waals surface area contributed by atoms with Gasteiger partial charge >= 0.3 is 0 Å². The van der Waals surface area contributed by atoms with E-state index in [1.165, 1.54) is 0 Å². The highest BCUT2D eigenvalue weighted by molar-refractivity contribution is 5.94. The summed E-state index contributed by atoms with van der Waals surface area (Å²) in [6, 6.07) is 9.51. The summed E-state index contributed by atoms with van der Waals surface area (Å²) in [6.45, 7) is 6.56. The van der Waals surface area contributed by atoms with E-state index >= 15 is 0 Å². The van der Waals surface area contributed by atoms with Crippen molar-refractivity contribution in [1.29, 1.82) is 0 Å². The summed E-state index contributed by atoms with van der Waals surface area (Å²) < 4.78 is 0. The number of hydrogen-bond acceptors (Lipinski definition) is 4. The quantitative estimate of drug-likeness (QED) is 0.849. The summed E-state index contributed by atoms with van der Waals surface area (Å²) >= 11 is 0. The predicted octanol–water partition coefficient (Wildman–Crippen LogP) is 2.53. The normalized spacial score (nSPS) is 14.6. The van der Waals surface area contributed by atoms with Crippen molar-refractivity contribution in [3.63, 3.8) is 0 Å². The molecule has 0 aliphatic carbocycles. The number of piperazine rings is 1. The zero-order valence-electron chi connectivity index (χ0n) is 14.8. The van der Waals surface area contributed by atoms with Crippen molar-refractivity contribution in [2.24, 2.45) is 0 Å². The first kappa shape index (κ1) is 17.2. The van der Waals surface area contributed by atoms with Crippen molar-refractivity contribution in [3.05, 3.63) is 47.3 Å². The van der Waals surface area contributed by atoms with Gasteiger partial charge in [0.1, 0.15) is 5.69 Å². The number of H-pyrrole nitrogens is 1. The topological polar surface area (TPSA) is 69.3 Å². The van der Waals surface area contributed by atoms with Gasteiger partial charge < -0.3 is 9.80 Å². The monoisotopic (exact) mass is 340 g/mol. The van der Waals surface area contributed by atoms with Crippen LogP contribution in [0, 0.1) is 0 Å². The summed E-state index contributed by atoms with van der Waals surface area (Å²) in [5, 5.41) is 7.09. The number of anilines is 1. The van der Waals surface area contributed by atoms with Gasteiger partial charge in [-0.3, -0.25) is 14.7 Å². The molecule has 1 saturated heterocycles. The fraction of sp³-hybridized carbons (Fsp3) is 0.421. The minimum atomic E-state index is -0.00909. The Morgan fingerprint density at radius 2 is 1.80 bits per heavy atom. The average Bonchev–Trinajstić information content (AvgIpc) is 3.10. The number of nitrogens with zero attached hydrogens (tertiary/aromatic N) is 3. The molecule has 0 spiro atoms. The summed E-state index contributed by atoms with van der Waals surface area (Å²) in [5.41, 5.74) is 3.32. The van der Waals surface area contributed by atoms with Crippen LogP contribution in [0.25, 0.3) is 0 Å². The lowest BCUT2D eigenvalue weighted by atomic mass is 10.1. The maximum absolute atomic E-state index is 12.6. The smallest absolute Gasteiger partial charge is 0.274 e. The molecular weight excluding hydrogens is 316 g/mol. The van der Waals surface area contributed by atoms with E-state index in [9.17, 15) is 9.59 Å². The summed E-state index contributed by atoms with van der Waals surface area (Å²) in [5.74, 6) is 0.0635. The molecule has 0 bridgehead atoms. The highest BCUT2D eigenvalue weighted by Crippen LogP contribution is 2.18. The predicted molar refractivity (Wildman–Crippen MR) is 97.1 cm³/mol. The molecule has 0 saturated carbocycles. The molecule has 0 radical (unpaired) electrons. The Morgan fingerprint density at radius 1 is 1.12 bits per heavy atom. The summed E-state index contributed by atoms with van der Waals surface area (Å²) in [7, 11) is 0. The van der Waals surface area contributed by atoms with Crippen LogP contribution in [0.5, 0.6) is 0 Å². The molecule has 2 heterocycles. The van der Waals surface area contributed by atoms with Gasteiger partial charge in [0.25, 0.3) is 5.91 Å². The minimum absolute atomic E-state index is 0.00909. The molecule has 132 valence electrons. The largest absolute Gasteiger partial charge is 0.368 e. The van der Waals surface area contributed by atoms with E-state index in [-0.39, 0.29) is 11.7 Å². The van der Waals surface area contributed by atoms with E-state index in [1.54, 1.807) is 6.92 Å². The molecule has 1 N–H and O–H groups in total. The molecule has 2 aromatic rings. The summed E-state index contributed by atoms with van der Waals surface area (Å²) in [6.07, 6.45) is 1.93. The van der Waals surface area contributed by atoms with E-state index < -0.39 is 0 Å². The van der Waals surface area contributed by atoms with Crippen molar-refractivity contribution in [2.75, 3.05) is 31.1 Å². The van der Waals surface area contributed by atoms with Crippen LogP contribution in [-0.4, -0.2) is 53.0 Å². The van der Waals surface area contributed by atoms with Gasteiger partial charge in [0, 0.05) is 43.1 Å². The van der Waals surface area contributed by atoms with Crippen LogP contribution in [0.1, 0.15) is 46.8 Å². The molecule has 1 amide bonds. The molecule has 6 heteroatoms. The number of carbonyl (C=O) groups excluding carboxylic acids is 2. The van der Waals surface area contributed by atoms with Gasteiger partial charge in [0.05, 0.1) is 0 Å². The Bertz CT molecular complexity index is 743. The lowest BCUT2D eigenvalue weighted by Gasteiger charge is -2.35. The van der Waals surface area contributed by atoms with E-state index in [2.05, 4.69) is 22.0 Å². The first-order valence-corrected chi connectivity index (χ1v) is 8.78. The molecule has 6 nitrogen and oxygen atoms in total. The first-order valence-electron chi connectivity index (χ1n) is 8.78. The number of amides is 1. The van der Waals surface area contributed by atoms with Gasteiger partial charge in [0.2, 0.25) is 0 Å². The molecule has 1 aromatic heterocycles. The molecule has 3 rings (SSSR count). The number of aryl methyl sites for hydroxylation is 1. The fourth-order valence-electron chi connectivity index (χ4n) is 3.11. The number of benzene rings is 1. The second-order valence-corrected chi connectivity index (χ2v) is 6.41. The zero-order valence-corrected chi connectivity index (χ0v) is 14.8. The van der Waals surface area contributed by atoms with Crippen molar-refractivity contribution in [1.82, 2.24) is 15.1 Å². The number of Topliss-reactive ketones (excluding diaryl/α,β-unsaturated/α-hetero) is 1. The number of hydrogen-bond donors (Lipinski definition) is 1. The molecule has 0 atom stereocenters. The van der Waals surface area contributed by atoms with Crippen molar-refractivity contribution in [3.8, 4) is 0 Å². The van der Waals surface area contributed by atoms with Crippen LogP contribution in [-0.2, 0) is 6.42 Å². The average molecular weight is 340 g/mol. The van der Waals surface area contributed by atoms with E-state index in [4.69, 9.17) is 0 Å². The Kier molecular flexibility index (Phi) is 5.16. The van der Waals surface area contributed by atoms with Crippen molar-refractivity contribution in [2.45, 2.75) is 26.7 Å². The molecule has 1 aliphatic rings. The number of ketones is 1. The minimum Gasteiger partial charge on any atom is -0.368 e. The van der Waals surface area contributed by atoms with Gasteiger partial charge in [-0.25, -0.2) is 0 Å². The highest BCUT2D eigenvalue weighted by Gasteiger charge is 2.24. The van der Waals surface area contributed by atoms with Crippen LogP contribution in [0.4, 0.5) is 5.69 Å². The lowest BCUT2D eigenvalue weighted by Crippen LogP contribution is -2.48. The molecular formula is C19H24N4O2. The second-order valence-electron chi connectivity index (χ2n) is 6.41. The summed E-state index contributed by atoms with van der Waals surface area (Å²) in [4.78, 5) is 28.0. The maximum atomic E-state index is 12.6. The Labute approximate surface area is 147 Å². The second kappa shape index (κ2) is 7.51.